The largest absolute Gasteiger partial charge is 0.449 e. The maximum absolute atomic E-state index is 13.1. The molecule has 154 valence electrons. The highest BCUT2D eigenvalue weighted by Gasteiger charge is 2.53. The van der Waals surface area contributed by atoms with Crippen LogP contribution in [0.1, 0.15) is 66.2 Å². The van der Waals surface area contributed by atoms with Crippen LogP contribution in [0.25, 0.3) is 0 Å². The van der Waals surface area contributed by atoms with Crippen molar-refractivity contribution in [2.24, 2.45) is 5.92 Å². The zero-order valence-electron chi connectivity index (χ0n) is 17.3. The van der Waals surface area contributed by atoms with Crippen molar-refractivity contribution >= 4 is 17.9 Å². The molecular weight excluding hydrogens is 346 g/mol. The third kappa shape index (κ3) is 4.74. The highest BCUT2D eigenvalue weighted by atomic mass is 16.6. The highest BCUT2D eigenvalue weighted by molar-refractivity contribution is 6.00. The molecule has 1 atom stereocenters. The van der Waals surface area contributed by atoms with Crippen LogP contribution in [0.5, 0.6) is 0 Å². The number of hydrogen-bond acceptors (Lipinski definition) is 4. The molecule has 2 rings (SSSR count). The summed E-state index contributed by atoms with van der Waals surface area (Å²) >= 11 is 0. The van der Waals surface area contributed by atoms with Crippen molar-refractivity contribution in [3.05, 3.63) is 0 Å². The lowest BCUT2D eigenvalue weighted by molar-refractivity contribution is -0.161. The molecule has 27 heavy (non-hydrogen) atoms. The van der Waals surface area contributed by atoms with Crippen molar-refractivity contribution in [1.82, 2.24) is 15.1 Å². The number of amides is 3. The summed E-state index contributed by atoms with van der Waals surface area (Å²) in [7, 11) is 0. The Labute approximate surface area is 162 Å². The number of nitrogens with zero attached hydrogens (tertiary/aromatic N) is 2. The highest BCUT2D eigenvalue weighted by Crippen LogP contribution is 2.34. The molecule has 0 aromatic heterocycles. The van der Waals surface area contributed by atoms with Gasteiger partial charge < -0.3 is 19.9 Å². The molecule has 7 heteroatoms. The molecule has 1 N–H and O–H groups in total. The van der Waals surface area contributed by atoms with Gasteiger partial charge in [0.2, 0.25) is 11.8 Å². The number of carbonyl (C=O) groups excluding carboxylic acids is 3. The average Bonchev–Trinajstić information content (AvgIpc) is 2.63. The second-order valence-corrected chi connectivity index (χ2v) is 8.13. The molecule has 0 radical (unpaired) electrons. The lowest BCUT2D eigenvalue weighted by Crippen LogP contribution is -2.73. The van der Waals surface area contributed by atoms with Crippen LogP contribution < -0.4 is 5.32 Å². The van der Waals surface area contributed by atoms with Crippen LogP contribution in [0.2, 0.25) is 0 Å². The van der Waals surface area contributed by atoms with Gasteiger partial charge in [0, 0.05) is 19.6 Å². The minimum Gasteiger partial charge on any atom is -0.449 e. The Morgan fingerprint density at radius 3 is 2.44 bits per heavy atom. The number of nitrogens with one attached hydrogen (secondary N) is 1. The zero-order chi connectivity index (χ0) is 20.0. The summed E-state index contributed by atoms with van der Waals surface area (Å²) in [5, 5.41) is 2.97. The Kier molecular flexibility index (Phi) is 7.50. The van der Waals surface area contributed by atoms with E-state index in [1.54, 1.807) is 9.80 Å². The molecule has 0 bridgehead atoms. The smallest absolute Gasteiger partial charge is 0.409 e. The molecule has 1 unspecified atom stereocenters. The van der Waals surface area contributed by atoms with Crippen LogP contribution in [0.4, 0.5) is 4.79 Å². The lowest BCUT2D eigenvalue weighted by atomic mass is 9.81. The molecule has 2 aliphatic heterocycles. The first kappa shape index (κ1) is 21.5. The fourth-order valence-electron chi connectivity index (χ4n) is 4.01. The van der Waals surface area contributed by atoms with Gasteiger partial charge in [-0.1, -0.05) is 34.1 Å². The van der Waals surface area contributed by atoms with E-state index in [0.29, 0.717) is 51.4 Å². The SMILES string of the molecule is CCCCOC(=O)N1CCC2(CC1)C(=O)NC(CC(C)C)C(=O)N2CCC. The molecule has 1 spiro atoms. The van der Waals surface area contributed by atoms with Gasteiger partial charge in [-0.2, -0.15) is 0 Å². The summed E-state index contributed by atoms with van der Waals surface area (Å²) in [4.78, 5) is 41.7. The van der Waals surface area contributed by atoms with Crippen LogP contribution in [-0.4, -0.2) is 65.5 Å². The fourth-order valence-corrected chi connectivity index (χ4v) is 4.01. The second kappa shape index (κ2) is 9.42. The number of unbranched alkanes of at least 4 members (excludes halogenated alkanes) is 1. The van der Waals surface area contributed by atoms with Gasteiger partial charge in [0.1, 0.15) is 11.6 Å². The van der Waals surface area contributed by atoms with Gasteiger partial charge in [-0.05, 0) is 38.0 Å². The summed E-state index contributed by atoms with van der Waals surface area (Å²) < 4.78 is 5.29. The van der Waals surface area contributed by atoms with E-state index in [1.165, 1.54) is 0 Å². The lowest BCUT2D eigenvalue weighted by Gasteiger charge is -2.51. The first-order valence-corrected chi connectivity index (χ1v) is 10.4. The predicted molar refractivity (Wildman–Crippen MR) is 103 cm³/mol. The Morgan fingerprint density at radius 1 is 1.22 bits per heavy atom. The molecule has 7 nitrogen and oxygen atoms in total. The summed E-state index contributed by atoms with van der Waals surface area (Å²) in [5.74, 6) is 0.279. The predicted octanol–water partition coefficient (Wildman–Crippen LogP) is 2.54. The van der Waals surface area contributed by atoms with Crippen molar-refractivity contribution in [3.63, 3.8) is 0 Å². The normalized spacial score (nSPS) is 22.3. The van der Waals surface area contributed by atoms with E-state index in [1.807, 2.05) is 13.8 Å². The first-order valence-electron chi connectivity index (χ1n) is 10.4. The minimum absolute atomic E-state index is 0.0177. The third-order valence-electron chi connectivity index (χ3n) is 5.54. The van der Waals surface area contributed by atoms with Gasteiger partial charge in [0.25, 0.3) is 0 Å². The van der Waals surface area contributed by atoms with Crippen molar-refractivity contribution in [3.8, 4) is 0 Å². The van der Waals surface area contributed by atoms with Crippen molar-refractivity contribution in [2.45, 2.75) is 77.8 Å². The Balaban J connectivity index is 2.08. The quantitative estimate of drug-likeness (QED) is 0.688. The summed E-state index contributed by atoms with van der Waals surface area (Å²) in [6, 6.07) is -0.438. The van der Waals surface area contributed by atoms with Gasteiger partial charge in [0.15, 0.2) is 0 Å². The number of ether oxygens (including phenoxy) is 1. The van der Waals surface area contributed by atoms with E-state index in [4.69, 9.17) is 4.74 Å². The van der Waals surface area contributed by atoms with Crippen molar-refractivity contribution < 1.29 is 19.1 Å². The molecule has 2 aliphatic rings. The van der Waals surface area contributed by atoms with Gasteiger partial charge in [-0.25, -0.2) is 4.79 Å². The number of hydrogen-bond donors (Lipinski definition) is 1. The van der Waals surface area contributed by atoms with E-state index in [9.17, 15) is 14.4 Å². The second-order valence-electron chi connectivity index (χ2n) is 8.13. The number of piperidine rings is 1. The Bertz CT molecular complexity index is 541. The third-order valence-corrected chi connectivity index (χ3v) is 5.54. The van der Waals surface area contributed by atoms with Crippen molar-refractivity contribution in [1.29, 1.82) is 0 Å². The van der Waals surface area contributed by atoms with Gasteiger partial charge in [0.05, 0.1) is 6.61 Å². The van der Waals surface area contributed by atoms with Crippen LogP contribution in [0.15, 0.2) is 0 Å². The maximum Gasteiger partial charge on any atom is 0.409 e. The topological polar surface area (TPSA) is 79.0 Å². The molecule has 0 saturated carbocycles. The fraction of sp³-hybridized carbons (Fsp3) is 0.850. The van der Waals surface area contributed by atoms with Crippen LogP contribution >= 0.6 is 0 Å². The summed E-state index contributed by atoms with van der Waals surface area (Å²) in [5.41, 5.74) is -0.833. The van der Waals surface area contributed by atoms with Crippen LogP contribution in [-0.2, 0) is 14.3 Å². The van der Waals surface area contributed by atoms with E-state index in [-0.39, 0.29) is 17.9 Å². The zero-order valence-corrected chi connectivity index (χ0v) is 17.3. The van der Waals surface area contributed by atoms with Gasteiger partial charge in [-0.3, -0.25) is 9.59 Å². The van der Waals surface area contributed by atoms with E-state index in [0.717, 1.165) is 19.3 Å². The van der Waals surface area contributed by atoms with Crippen LogP contribution in [0.3, 0.4) is 0 Å². The van der Waals surface area contributed by atoms with E-state index in [2.05, 4.69) is 19.2 Å². The minimum atomic E-state index is -0.833. The molecule has 2 saturated heterocycles. The number of rotatable bonds is 7. The van der Waals surface area contributed by atoms with Gasteiger partial charge >= 0.3 is 6.09 Å². The first-order chi connectivity index (χ1) is 12.9. The molecule has 2 fully saturated rings. The molecule has 2 heterocycles. The van der Waals surface area contributed by atoms with E-state index < -0.39 is 11.6 Å². The van der Waals surface area contributed by atoms with Gasteiger partial charge in [-0.15, -0.1) is 0 Å². The Hall–Kier alpha value is -1.79. The summed E-state index contributed by atoms with van der Waals surface area (Å²) in [6.07, 6.45) is 3.88. The number of likely N-dealkylation sites (tertiary alicyclic amines) is 1. The monoisotopic (exact) mass is 381 g/mol. The molecule has 0 aromatic carbocycles. The molecule has 0 aliphatic carbocycles. The van der Waals surface area contributed by atoms with Crippen molar-refractivity contribution in [2.75, 3.05) is 26.2 Å². The molecule has 0 aromatic rings. The standard InChI is InChI=1S/C20H35N3O4/c1-5-7-13-27-19(26)22-11-8-20(9-12-22)18(25)21-16(14-15(3)4)17(24)23(20)10-6-2/h15-16H,5-14H2,1-4H3,(H,21,25). The van der Waals surface area contributed by atoms with E-state index >= 15 is 0 Å². The number of piperazine rings is 1. The summed E-state index contributed by atoms with van der Waals surface area (Å²) in [6.45, 7) is 10.0. The molecule has 3 amide bonds. The van der Waals surface area contributed by atoms with Crippen LogP contribution in [0, 0.1) is 5.92 Å². The number of carbonyl (C=O) groups is 3. The Morgan fingerprint density at radius 2 is 1.89 bits per heavy atom. The maximum atomic E-state index is 13.1. The average molecular weight is 382 g/mol. The molecular formula is C20H35N3O4.